The van der Waals surface area contributed by atoms with Crippen molar-refractivity contribution in [3.05, 3.63) is 29.0 Å². The maximum Gasteiger partial charge on any atom is 0.112 e. The van der Waals surface area contributed by atoms with E-state index in [4.69, 9.17) is 0 Å². The molecular formula is C16H21BrN4. The fourth-order valence-electron chi connectivity index (χ4n) is 3.04. The van der Waals surface area contributed by atoms with Gasteiger partial charge in [0, 0.05) is 36.0 Å². The van der Waals surface area contributed by atoms with Crippen LogP contribution in [-0.4, -0.2) is 41.0 Å². The SMILES string of the molecule is CN(CCNc1ccnc2cc(Br)cnc12)C1CCCC1. The van der Waals surface area contributed by atoms with Gasteiger partial charge >= 0.3 is 0 Å². The Kier molecular flexibility index (Phi) is 4.70. The first kappa shape index (κ1) is 14.7. The van der Waals surface area contributed by atoms with Crippen LogP contribution < -0.4 is 5.32 Å². The van der Waals surface area contributed by atoms with Crippen LogP contribution in [0.3, 0.4) is 0 Å². The first-order valence-corrected chi connectivity index (χ1v) is 8.38. The Bertz CT molecular complexity index is 610. The van der Waals surface area contributed by atoms with E-state index in [0.717, 1.165) is 40.3 Å². The zero-order valence-corrected chi connectivity index (χ0v) is 13.9. The topological polar surface area (TPSA) is 41.0 Å². The van der Waals surface area contributed by atoms with Gasteiger partial charge in [-0.25, -0.2) is 0 Å². The number of halogens is 1. The Morgan fingerprint density at radius 1 is 1.33 bits per heavy atom. The first-order chi connectivity index (χ1) is 10.2. The van der Waals surface area contributed by atoms with E-state index >= 15 is 0 Å². The lowest BCUT2D eigenvalue weighted by atomic mass is 10.2. The van der Waals surface area contributed by atoms with Gasteiger partial charge in [0.05, 0.1) is 11.2 Å². The van der Waals surface area contributed by atoms with Gasteiger partial charge in [-0.15, -0.1) is 0 Å². The van der Waals surface area contributed by atoms with Gasteiger partial charge in [-0.3, -0.25) is 9.97 Å². The van der Waals surface area contributed by atoms with Crippen LogP contribution in [0.25, 0.3) is 11.0 Å². The van der Waals surface area contributed by atoms with Gasteiger partial charge in [0.2, 0.25) is 0 Å². The summed E-state index contributed by atoms with van der Waals surface area (Å²) in [5.74, 6) is 0. The Labute approximate surface area is 134 Å². The molecule has 2 heterocycles. The van der Waals surface area contributed by atoms with Crippen molar-refractivity contribution < 1.29 is 0 Å². The van der Waals surface area contributed by atoms with Crippen LogP contribution in [0, 0.1) is 0 Å². The molecule has 0 unspecified atom stereocenters. The Hall–Kier alpha value is -1.20. The van der Waals surface area contributed by atoms with Gasteiger partial charge in [0.1, 0.15) is 5.52 Å². The van der Waals surface area contributed by atoms with E-state index in [1.807, 2.05) is 24.5 Å². The van der Waals surface area contributed by atoms with Crippen LogP contribution in [0.15, 0.2) is 29.0 Å². The summed E-state index contributed by atoms with van der Waals surface area (Å²) in [4.78, 5) is 11.3. The van der Waals surface area contributed by atoms with Crippen molar-refractivity contribution in [1.29, 1.82) is 0 Å². The highest BCUT2D eigenvalue weighted by Crippen LogP contribution is 2.23. The maximum absolute atomic E-state index is 4.47. The first-order valence-electron chi connectivity index (χ1n) is 7.58. The van der Waals surface area contributed by atoms with E-state index in [9.17, 15) is 0 Å². The predicted octanol–water partition coefficient (Wildman–Crippen LogP) is 3.68. The standard InChI is InChI=1S/C16H21BrN4/c1-21(13-4-2-3-5-13)9-8-19-14-6-7-18-15-10-12(17)11-20-16(14)15/h6-7,10-11,13H,2-5,8-9H2,1H3,(H,18,19). The highest BCUT2D eigenvalue weighted by Gasteiger charge is 2.18. The molecule has 1 aliphatic rings. The number of fused-ring (bicyclic) bond motifs is 1. The van der Waals surface area contributed by atoms with Gasteiger partial charge in [0.25, 0.3) is 0 Å². The van der Waals surface area contributed by atoms with Crippen LogP contribution in [0.5, 0.6) is 0 Å². The van der Waals surface area contributed by atoms with Crippen molar-refractivity contribution >= 4 is 32.7 Å². The van der Waals surface area contributed by atoms with Crippen LogP contribution in [0.4, 0.5) is 5.69 Å². The zero-order valence-electron chi connectivity index (χ0n) is 12.3. The minimum Gasteiger partial charge on any atom is -0.382 e. The Morgan fingerprint density at radius 3 is 2.95 bits per heavy atom. The molecule has 1 aliphatic carbocycles. The summed E-state index contributed by atoms with van der Waals surface area (Å²) in [6.45, 7) is 1.99. The third-order valence-corrected chi connectivity index (χ3v) is 4.71. The van der Waals surface area contributed by atoms with Crippen LogP contribution in [0.2, 0.25) is 0 Å². The molecule has 1 N–H and O–H groups in total. The van der Waals surface area contributed by atoms with Crippen LogP contribution in [0.1, 0.15) is 25.7 Å². The van der Waals surface area contributed by atoms with Crippen molar-refractivity contribution in [2.24, 2.45) is 0 Å². The quantitative estimate of drug-likeness (QED) is 0.894. The minimum atomic E-state index is 0.773. The molecule has 5 heteroatoms. The number of rotatable bonds is 5. The number of hydrogen-bond acceptors (Lipinski definition) is 4. The monoisotopic (exact) mass is 348 g/mol. The fourth-order valence-corrected chi connectivity index (χ4v) is 3.36. The average Bonchev–Trinajstić information content (AvgIpc) is 3.01. The molecule has 0 amide bonds. The predicted molar refractivity (Wildman–Crippen MR) is 90.6 cm³/mol. The second-order valence-corrected chi connectivity index (χ2v) is 6.64. The summed E-state index contributed by atoms with van der Waals surface area (Å²) in [7, 11) is 2.23. The molecule has 0 aliphatic heterocycles. The molecule has 3 rings (SSSR count). The molecule has 0 aromatic carbocycles. The molecule has 0 atom stereocenters. The molecule has 21 heavy (non-hydrogen) atoms. The summed E-state index contributed by atoms with van der Waals surface area (Å²) in [5, 5.41) is 3.50. The molecule has 112 valence electrons. The number of nitrogens with one attached hydrogen (secondary N) is 1. The second kappa shape index (κ2) is 6.71. The van der Waals surface area contributed by atoms with Crippen LogP contribution >= 0.6 is 15.9 Å². The lowest BCUT2D eigenvalue weighted by Crippen LogP contribution is -2.33. The molecule has 1 fully saturated rings. The van der Waals surface area contributed by atoms with E-state index in [0.29, 0.717) is 0 Å². The third kappa shape index (κ3) is 3.52. The number of aromatic nitrogens is 2. The zero-order chi connectivity index (χ0) is 14.7. The largest absolute Gasteiger partial charge is 0.382 e. The van der Waals surface area contributed by atoms with Gasteiger partial charge in [-0.1, -0.05) is 12.8 Å². The number of pyridine rings is 2. The number of hydrogen-bond donors (Lipinski definition) is 1. The van der Waals surface area contributed by atoms with Crippen molar-refractivity contribution in [3.8, 4) is 0 Å². The van der Waals surface area contributed by atoms with Gasteiger partial charge in [-0.2, -0.15) is 0 Å². The van der Waals surface area contributed by atoms with E-state index in [-0.39, 0.29) is 0 Å². The van der Waals surface area contributed by atoms with Crippen LogP contribution in [-0.2, 0) is 0 Å². The summed E-state index contributed by atoms with van der Waals surface area (Å²) < 4.78 is 0.959. The molecule has 1 saturated carbocycles. The molecule has 0 bridgehead atoms. The third-order valence-electron chi connectivity index (χ3n) is 4.27. The lowest BCUT2D eigenvalue weighted by molar-refractivity contribution is 0.254. The normalized spacial score (nSPS) is 16.0. The summed E-state index contributed by atoms with van der Waals surface area (Å²) in [5.41, 5.74) is 2.91. The Morgan fingerprint density at radius 2 is 2.14 bits per heavy atom. The molecule has 2 aromatic heterocycles. The minimum absolute atomic E-state index is 0.773. The second-order valence-electron chi connectivity index (χ2n) is 5.73. The summed E-state index contributed by atoms with van der Waals surface area (Å²) in [6.07, 6.45) is 9.13. The molecule has 2 aromatic rings. The summed E-state index contributed by atoms with van der Waals surface area (Å²) >= 11 is 3.44. The van der Waals surface area contributed by atoms with Gasteiger partial charge in [0.15, 0.2) is 0 Å². The molecule has 0 spiro atoms. The highest BCUT2D eigenvalue weighted by molar-refractivity contribution is 9.10. The number of anilines is 1. The van der Waals surface area contributed by atoms with Gasteiger partial charge in [-0.05, 0) is 48.0 Å². The van der Waals surface area contributed by atoms with Crippen molar-refractivity contribution in [1.82, 2.24) is 14.9 Å². The Balaban J connectivity index is 1.62. The van der Waals surface area contributed by atoms with Crippen molar-refractivity contribution in [2.75, 3.05) is 25.5 Å². The smallest absolute Gasteiger partial charge is 0.112 e. The van der Waals surface area contributed by atoms with E-state index in [2.05, 4.69) is 43.2 Å². The van der Waals surface area contributed by atoms with E-state index < -0.39 is 0 Å². The van der Waals surface area contributed by atoms with Crippen molar-refractivity contribution in [3.63, 3.8) is 0 Å². The maximum atomic E-state index is 4.47. The van der Waals surface area contributed by atoms with Gasteiger partial charge < -0.3 is 10.2 Å². The number of likely N-dealkylation sites (N-methyl/N-ethyl adjacent to an activating group) is 1. The fraction of sp³-hybridized carbons (Fsp3) is 0.500. The number of nitrogens with zero attached hydrogens (tertiary/aromatic N) is 3. The highest BCUT2D eigenvalue weighted by atomic mass is 79.9. The molecule has 0 radical (unpaired) electrons. The molecular weight excluding hydrogens is 328 g/mol. The van der Waals surface area contributed by atoms with E-state index in [1.165, 1.54) is 25.7 Å². The summed E-state index contributed by atoms with van der Waals surface area (Å²) in [6, 6.07) is 4.77. The molecule has 4 nitrogen and oxygen atoms in total. The lowest BCUT2D eigenvalue weighted by Gasteiger charge is -2.24. The molecule has 0 saturated heterocycles. The average molecular weight is 349 g/mol. The van der Waals surface area contributed by atoms with Crippen molar-refractivity contribution in [2.45, 2.75) is 31.7 Å². The van der Waals surface area contributed by atoms with E-state index in [1.54, 1.807) is 0 Å².